The molecular weight excluding hydrogens is 481 g/mol. The first-order chi connectivity index (χ1) is 16.8. The highest BCUT2D eigenvalue weighted by Gasteiger charge is 2.35. The molecule has 2 aliphatic rings. The number of hydrogen-bond donors (Lipinski definition) is 2. The fraction of sp³-hybridized carbons (Fsp3) is 0.417. The molecule has 7 nitrogen and oxygen atoms in total. The monoisotopic (exact) mass is 508 g/mol. The second kappa shape index (κ2) is 11.3. The van der Waals surface area contributed by atoms with Crippen molar-refractivity contribution in [2.45, 2.75) is 24.3 Å². The van der Waals surface area contributed by atoms with E-state index in [-0.39, 0.29) is 30.2 Å². The Kier molecular flexibility index (Phi) is 8.19. The zero-order chi connectivity index (χ0) is 24.9. The highest BCUT2D eigenvalue weighted by molar-refractivity contribution is 8.00. The van der Waals surface area contributed by atoms with Gasteiger partial charge in [-0.3, -0.25) is 9.59 Å². The van der Waals surface area contributed by atoms with Crippen molar-refractivity contribution in [1.82, 2.24) is 4.90 Å². The SMILES string of the molecule is N[C@@H](CC(=O)N1CCSC1C(=O)Nc1ccc(N2CCOCC2)cc1)Cc1cc(F)c(F)cc1F. The first kappa shape index (κ1) is 25.3. The molecule has 0 aromatic heterocycles. The molecule has 0 bridgehead atoms. The molecule has 11 heteroatoms. The van der Waals surface area contributed by atoms with Crippen molar-refractivity contribution < 1.29 is 27.5 Å². The van der Waals surface area contributed by atoms with Gasteiger partial charge in [0.1, 0.15) is 5.82 Å². The Balaban J connectivity index is 1.32. The van der Waals surface area contributed by atoms with Gasteiger partial charge in [-0.2, -0.15) is 0 Å². The fourth-order valence-corrected chi connectivity index (χ4v) is 5.28. The van der Waals surface area contributed by atoms with Gasteiger partial charge in [0.25, 0.3) is 5.91 Å². The minimum absolute atomic E-state index is 0.102. The molecule has 0 aliphatic carbocycles. The Morgan fingerprint density at radius 2 is 1.74 bits per heavy atom. The molecule has 0 spiro atoms. The summed E-state index contributed by atoms with van der Waals surface area (Å²) < 4.78 is 45.9. The van der Waals surface area contributed by atoms with E-state index in [9.17, 15) is 22.8 Å². The van der Waals surface area contributed by atoms with E-state index in [0.717, 1.165) is 24.8 Å². The van der Waals surface area contributed by atoms with E-state index >= 15 is 0 Å². The van der Waals surface area contributed by atoms with Crippen LogP contribution in [0.5, 0.6) is 0 Å². The number of amides is 2. The molecule has 1 unspecified atom stereocenters. The molecule has 2 heterocycles. The zero-order valence-corrected chi connectivity index (χ0v) is 19.8. The van der Waals surface area contributed by atoms with E-state index in [0.29, 0.717) is 37.3 Å². The highest BCUT2D eigenvalue weighted by Crippen LogP contribution is 2.27. The number of hydrogen-bond acceptors (Lipinski definition) is 6. The van der Waals surface area contributed by atoms with Gasteiger partial charge in [-0.25, -0.2) is 13.2 Å². The van der Waals surface area contributed by atoms with Gasteiger partial charge in [-0.1, -0.05) is 0 Å². The average molecular weight is 509 g/mol. The summed E-state index contributed by atoms with van der Waals surface area (Å²) in [5.74, 6) is -3.46. The Morgan fingerprint density at radius 3 is 2.46 bits per heavy atom. The van der Waals surface area contributed by atoms with Crippen molar-refractivity contribution in [3.05, 3.63) is 59.4 Å². The predicted molar refractivity (Wildman–Crippen MR) is 129 cm³/mol. The van der Waals surface area contributed by atoms with Crippen LogP contribution in [0.1, 0.15) is 12.0 Å². The number of benzene rings is 2. The molecule has 188 valence electrons. The van der Waals surface area contributed by atoms with Crippen LogP contribution in [0.25, 0.3) is 0 Å². The van der Waals surface area contributed by atoms with Gasteiger partial charge in [0, 0.05) is 55.3 Å². The zero-order valence-electron chi connectivity index (χ0n) is 19.0. The topological polar surface area (TPSA) is 87.9 Å². The number of morpholine rings is 1. The van der Waals surface area contributed by atoms with Gasteiger partial charge in [0.15, 0.2) is 17.0 Å². The summed E-state index contributed by atoms with van der Waals surface area (Å²) in [4.78, 5) is 29.4. The molecule has 2 aromatic carbocycles. The number of thioether (sulfide) groups is 1. The number of nitrogens with one attached hydrogen (secondary N) is 1. The van der Waals surface area contributed by atoms with Crippen LogP contribution in [0.3, 0.4) is 0 Å². The Hall–Kier alpha value is -2.76. The van der Waals surface area contributed by atoms with Gasteiger partial charge < -0.3 is 25.6 Å². The molecule has 2 atom stereocenters. The molecule has 4 rings (SSSR count). The first-order valence-electron chi connectivity index (χ1n) is 11.4. The van der Waals surface area contributed by atoms with Crippen LogP contribution in [0.15, 0.2) is 36.4 Å². The second-order valence-electron chi connectivity index (χ2n) is 8.47. The Morgan fingerprint density at radius 1 is 1.06 bits per heavy atom. The Labute approximate surface area is 205 Å². The smallest absolute Gasteiger partial charge is 0.257 e. The van der Waals surface area contributed by atoms with E-state index in [1.807, 2.05) is 24.3 Å². The van der Waals surface area contributed by atoms with Crippen molar-refractivity contribution in [2.75, 3.05) is 48.8 Å². The van der Waals surface area contributed by atoms with Crippen molar-refractivity contribution >= 4 is 35.0 Å². The third-order valence-corrected chi connectivity index (χ3v) is 7.16. The van der Waals surface area contributed by atoms with Crippen LogP contribution >= 0.6 is 11.8 Å². The fourth-order valence-electron chi connectivity index (χ4n) is 4.14. The number of anilines is 2. The largest absolute Gasteiger partial charge is 0.378 e. The second-order valence-corrected chi connectivity index (χ2v) is 9.66. The number of rotatable bonds is 7. The predicted octanol–water partition coefficient (Wildman–Crippen LogP) is 2.74. The summed E-state index contributed by atoms with van der Waals surface area (Å²) in [7, 11) is 0. The number of carbonyl (C=O) groups is 2. The van der Waals surface area contributed by atoms with Crippen molar-refractivity contribution in [3.63, 3.8) is 0 Å². The van der Waals surface area contributed by atoms with E-state index < -0.39 is 28.9 Å². The minimum Gasteiger partial charge on any atom is -0.378 e. The molecule has 2 saturated heterocycles. The van der Waals surface area contributed by atoms with Crippen molar-refractivity contribution in [1.29, 1.82) is 0 Å². The maximum absolute atomic E-state index is 13.9. The number of nitrogens with two attached hydrogens (primary N) is 1. The number of halogens is 3. The summed E-state index contributed by atoms with van der Waals surface area (Å²) in [6.45, 7) is 3.36. The van der Waals surface area contributed by atoms with Crippen molar-refractivity contribution in [3.8, 4) is 0 Å². The van der Waals surface area contributed by atoms with E-state index in [4.69, 9.17) is 10.5 Å². The van der Waals surface area contributed by atoms with Crippen LogP contribution in [0.4, 0.5) is 24.5 Å². The summed E-state index contributed by atoms with van der Waals surface area (Å²) >= 11 is 1.35. The molecule has 35 heavy (non-hydrogen) atoms. The van der Waals surface area contributed by atoms with Crippen LogP contribution in [0.2, 0.25) is 0 Å². The van der Waals surface area contributed by atoms with Crippen LogP contribution in [0, 0.1) is 17.5 Å². The quantitative estimate of drug-likeness (QED) is 0.560. The minimum atomic E-state index is -1.28. The van der Waals surface area contributed by atoms with Gasteiger partial charge in [-0.15, -0.1) is 11.8 Å². The average Bonchev–Trinajstić information content (AvgIpc) is 3.34. The molecule has 2 fully saturated rings. The maximum Gasteiger partial charge on any atom is 0.257 e. The van der Waals surface area contributed by atoms with E-state index in [1.165, 1.54) is 16.7 Å². The number of ether oxygens (including phenoxy) is 1. The third-order valence-electron chi connectivity index (χ3n) is 5.95. The lowest BCUT2D eigenvalue weighted by Gasteiger charge is -2.29. The Bertz CT molecular complexity index is 1070. The molecular formula is C24H27F3N4O3S. The van der Waals surface area contributed by atoms with Crippen LogP contribution in [-0.4, -0.2) is 66.7 Å². The standard InChI is InChI=1S/C24H27F3N4O3S/c25-19-14-21(27)20(26)12-15(19)11-16(28)13-22(32)31-7-10-35-24(31)23(33)29-17-1-3-18(4-2-17)30-5-8-34-9-6-30/h1-4,12,14,16,24H,5-11,13,28H2,(H,29,33)/t16-,24?/m1/s1. The molecule has 2 amide bonds. The maximum atomic E-state index is 13.9. The van der Waals surface area contributed by atoms with Crippen LogP contribution < -0.4 is 16.0 Å². The normalized spacial score (nSPS) is 19.0. The number of nitrogens with zero attached hydrogens (tertiary/aromatic N) is 2. The molecule has 0 saturated carbocycles. The lowest BCUT2D eigenvalue weighted by atomic mass is 10.0. The van der Waals surface area contributed by atoms with E-state index in [2.05, 4.69) is 10.2 Å². The number of carbonyl (C=O) groups excluding carboxylic acids is 2. The summed E-state index contributed by atoms with van der Waals surface area (Å²) in [5.41, 5.74) is 7.57. The molecule has 3 N–H and O–H groups in total. The summed E-state index contributed by atoms with van der Waals surface area (Å²) in [6, 6.07) is 7.90. The third kappa shape index (κ3) is 6.28. The van der Waals surface area contributed by atoms with Crippen LogP contribution in [-0.2, 0) is 20.7 Å². The first-order valence-corrected chi connectivity index (χ1v) is 12.4. The van der Waals surface area contributed by atoms with E-state index in [1.54, 1.807) is 0 Å². The van der Waals surface area contributed by atoms with Crippen molar-refractivity contribution in [2.24, 2.45) is 5.73 Å². The van der Waals surface area contributed by atoms with Gasteiger partial charge >= 0.3 is 0 Å². The molecule has 2 aliphatic heterocycles. The summed E-state index contributed by atoms with van der Waals surface area (Å²) in [5, 5.41) is 2.14. The summed E-state index contributed by atoms with van der Waals surface area (Å²) in [6.07, 6.45) is -0.293. The molecule has 0 radical (unpaired) electrons. The lowest BCUT2D eigenvalue weighted by molar-refractivity contribution is -0.135. The molecule has 2 aromatic rings. The lowest BCUT2D eigenvalue weighted by Crippen LogP contribution is -2.44. The van der Waals surface area contributed by atoms with Gasteiger partial charge in [0.05, 0.1) is 13.2 Å². The van der Waals surface area contributed by atoms with Gasteiger partial charge in [-0.05, 0) is 42.3 Å². The highest BCUT2D eigenvalue weighted by atomic mass is 32.2. The van der Waals surface area contributed by atoms with Gasteiger partial charge in [0.2, 0.25) is 5.91 Å².